The van der Waals surface area contributed by atoms with E-state index in [1.807, 2.05) is 6.92 Å². The molecule has 0 spiro atoms. The summed E-state index contributed by atoms with van der Waals surface area (Å²) in [5.41, 5.74) is 0.0798. The maximum absolute atomic E-state index is 11.8. The Morgan fingerprint density at radius 3 is 2.17 bits per heavy atom. The van der Waals surface area contributed by atoms with Crippen LogP contribution in [0, 0.1) is 0 Å². The summed E-state index contributed by atoms with van der Waals surface area (Å²) in [5, 5.41) is 4.09. The van der Waals surface area contributed by atoms with Crippen molar-refractivity contribution in [1.82, 2.24) is 0 Å². The Kier molecular flexibility index (Phi) is 9.02. The zero-order valence-corrected chi connectivity index (χ0v) is 13.7. The molecular weight excluding hydrogens is 324 g/mol. The Hall–Kier alpha value is -2.52. The van der Waals surface area contributed by atoms with Gasteiger partial charge in [0.05, 0.1) is 31.4 Å². The first-order valence-corrected chi connectivity index (χ1v) is 7.13. The Labute approximate surface area is 139 Å². The third-order valence-corrected chi connectivity index (χ3v) is 2.59. The lowest BCUT2D eigenvalue weighted by atomic mass is 10.2. The van der Waals surface area contributed by atoms with E-state index in [2.05, 4.69) is 19.6 Å². The quantitative estimate of drug-likeness (QED) is 0.274. The van der Waals surface area contributed by atoms with Gasteiger partial charge in [0.15, 0.2) is 0 Å². The van der Waals surface area contributed by atoms with Gasteiger partial charge in [-0.15, -0.1) is 0 Å². The number of rotatable bonds is 10. The van der Waals surface area contributed by atoms with Gasteiger partial charge in [0.25, 0.3) is 0 Å². The number of ether oxygens (including phenoxy) is 4. The highest BCUT2D eigenvalue weighted by Gasteiger charge is 2.14. The first kappa shape index (κ1) is 19.5. The minimum atomic E-state index is -1.16. The molecular formula is C15H20O9. The van der Waals surface area contributed by atoms with Gasteiger partial charge < -0.3 is 18.9 Å². The molecule has 0 aliphatic carbocycles. The Morgan fingerprint density at radius 2 is 1.58 bits per heavy atom. The average Bonchev–Trinajstić information content (AvgIpc) is 2.60. The van der Waals surface area contributed by atoms with Gasteiger partial charge in [-0.05, 0) is 18.6 Å². The number of benzene rings is 1. The van der Waals surface area contributed by atoms with Gasteiger partial charge in [0, 0.05) is 12.7 Å². The smallest absolute Gasteiger partial charge is 0.497 e. The molecule has 1 rings (SSSR count). The van der Waals surface area contributed by atoms with E-state index in [-0.39, 0.29) is 18.8 Å². The summed E-state index contributed by atoms with van der Waals surface area (Å²) in [5.74, 6) is -0.145. The summed E-state index contributed by atoms with van der Waals surface area (Å²) in [4.78, 5) is 31.4. The molecule has 0 aromatic heterocycles. The molecule has 0 heterocycles. The first-order valence-electron chi connectivity index (χ1n) is 7.13. The third kappa shape index (κ3) is 7.16. The lowest BCUT2D eigenvalue weighted by molar-refractivity contribution is -0.452. The van der Waals surface area contributed by atoms with Gasteiger partial charge in [-0.3, -0.25) is 4.89 Å². The molecule has 1 aromatic rings. The van der Waals surface area contributed by atoms with Gasteiger partial charge in [-0.1, -0.05) is 6.92 Å². The zero-order chi connectivity index (χ0) is 17.8. The highest BCUT2D eigenvalue weighted by Crippen LogP contribution is 2.23. The van der Waals surface area contributed by atoms with Crippen LogP contribution in [0.4, 0.5) is 4.79 Å². The topological polar surface area (TPSA) is 98.8 Å². The van der Waals surface area contributed by atoms with Crippen LogP contribution in [0.2, 0.25) is 0 Å². The SMILES string of the molecule is CCCOCCOC(=O)OOOC(=O)c1cc(OC)cc(OC)c1. The molecule has 0 N–H and O–H groups in total. The predicted molar refractivity (Wildman–Crippen MR) is 79.6 cm³/mol. The van der Waals surface area contributed by atoms with Crippen LogP contribution in [0.3, 0.4) is 0 Å². The molecule has 0 aliphatic rings. The van der Waals surface area contributed by atoms with Crippen LogP contribution < -0.4 is 9.47 Å². The maximum Gasteiger partial charge on any atom is 0.543 e. The van der Waals surface area contributed by atoms with Crippen molar-refractivity contribution in [1.29, 1.82) is 0 Å². The standard InChI is InChI=1S/C15H20O9/c1-4-5-20-6-7-21-15(17)23-24-22-14(16)11-8-12(18-2)10-13(9-11)19-3/h8-10H,4-7H2,1-3H3. The summed E-state index contributed by atoms with van der Waals surface area (Å²) in [6.07, 6.45) is -0.301. The molecule has 0 atom stereocenters. The summed E-state index contributed by atoms with van der Waals surface area (Å²) < 4.78 is 19.7. The van der Waals surface area contributed by atoms with Crippen molar-refractivity contribution in [2.45, 2.75) is 13.3 Å². The van der Waals surface area contributed by atoms with Crippen LogP contribution in [0.25, 0.3) is 0 Å². The Morgan fingerprint density at radius 1 is 0.917 bits per heavy atom. The fraction of sp³-hybridized carbons (Fsp3) is 0.467. The maximum atomic E-state index is 11.8. The number of hydrogen-bond donors (Lipinski definition) is 0. The average molecular weight is 344 g/mol. The highest BCUT2D eigenvalue weighted by atomic mass is 17.5. The fourth-order valence-electron chi connectivity index (χ4n) is 1.50. The van der Waals surface area contributed by atoms with E-state index in [1.54, 1.807) is 6.07 Å². The predicted octanol–water partition coefficient (Wildman–Crippen LogP) is 2.29. The van der Waals surface area contributed by atoms with Crippen molar-refractivity contribution in [2.75, 3.05) is 34.0 Å². The molecule has 24 heavy (non-hydrogen) atoms. The number of carbonyl (C=O) groups is 2. The molecule has 9 heteroatoms. The largest absolute Gasteiger partial charge is 0.543 e. The minimum Gasteiger partial charge on any atom is -0.497 e. The van der Waals surface area contributed by atoms with E-state index in [9.17, 15) is 9.59 Å². The number of carbonyl (C=O) groups excluding carboxylic acids is 2. The van der Waals surface area contributed by atoms with Crippen molar-refractivity contribution in [2.24, 2.45) is 0 Å². The zero-order valence-electron chi connectivity index (χ0n) is 13.7. The van der Waals surface area contributed by atoms with E-state index in [4.69, 9.17) is 14.2 Å². The van der Waals surface area contributed by atoms with E-state index in [1.165, 1.54) is 26.4 Å². The summed E-state index contributed by atoms with van der Waals surface area (Å²) >= 11 is 0. The summed E-state index contributed by atoms with van der Waals surface area (Å²) in [6.45, 7) is 2.74. The van der Waals surface area contributed by atoms with Crippen LogP contribution in [-0.2, 0) is 24.3 Å². The molecule has 0 bridgehead atoms. The van der Waals surface area contributed by atoms with Crippen LogP contribution in [0.15, 0.2) is 18.2 Å². The van der Waals surface area contributed by atoms with E-state index < -0.39 is 12.1 Å². The number of hydrogen-bond acceptors (Lipinski definition) is 9. The van der Waals surface area contributed by atoms with Gasteiger partial charge in [-0.25, -0.2) is 14.5 Å². The molecule has 134 valence electrons. The molecule has 0 aliphatic heterocycles. The van der Waals surface area contributed by atoms with Crippen molar-refractivity contribution < 1.29 is 43.3 Å². The van der Waals surface area contributed by atoms with Crippen molar-refractivity contribution in [3.05, 3.63) is 23.8 Å². The van der Waals surface area contributed by atoms with Crippen LogP contribution in [0.1, 0.15) is 23.7 Å². The second-order valence-electron chi connectivity index (χ2n) is 4.33. The number of methoxy groups -OCH3 is 2. The van der Waals surface area contributed by atoms with Gasteiger partial charge in [0.1, 0.15) is 18.1 Å². The van der Waals surface area contributed by atoms with E-state index in [0.717, 1.165) is 6.42 Å². The lowest BCUT2D eigenvalue weighted by Gasteiger charge is -2.07. The highest BCUT2D eigenvalue weighted by molar-refractivity contribution is 5.90. The monoisotopic (exact) mass is 344 g/mol. The molecule has 0 amide bonds. The van der Waals surface area contributed by atoms with Crippen LogP contribution >= 0.6 is 0 Å². The van der Waals surface area contributed by atoms with E-state index in [0.29, 0.717) is 18.1 Å². The van der Waals surface area contributed by atoms with Crippen LogP contribution in [-0.4, -0.2) is 46.2 Å². The van der Waals surface area contributed by atoms with Crippen molar-refractivity contribution in [3.8, 4) is 11.5 Å². The third-order valence-electron chi connectivity index (χ3n) is 2.59. The summed E-state index contributed by atoms with van der Waals surface area (Å²) in [6, 6.07) is 4.38. The Balaban J connectivity index is 2.34. The van der Waals surface area contributed by atoms with Gasteiger partial charge >= 0.3 is 12.1 Å². The minimum absolute atomic E-state index is 0.0107. The first-order chi connectivity index (χ1) is 11.6. The van der Waals surface area contributed by atoms with Crippen LogP contribution in [0.5, 0.6) is 11.5 Å². The molecule has 0 saturated carbocycles. The second kappa shape index (κ2) is 11.1. The molecule has 0 radical (unpaired) electrons. The molecule has 9 nitrogen and oxygen atoms in total. The van der Waals surface area contributed by atoms with E-state index >= 15 is 0 Å². The second-order valence-corrected chi connectivity index (χ2v) is 4.33. The van der Waals surface area contributed by atoms with Gasteiger partial charge in [0.2, 0.25) is 0 Å². The molecule has 0 saturated heterocycles. The molecule has 1 aromatic carbocycles. The normalized spacial score (nSPS) is 9.96. The lowest BCUT2D eigenvalue weighted by Crippen LogP contribution is -2.14. The van der Waals surface area contributed by atoms with Crippen molar-refractivity contribution in [3.63, 3.8) is 0 Å². The molecule has 0 fully saturated rings. The van der Waals surface area contributed by atoms with Gasteiger partial charge in [-0.2, -0.15) is 0 Å². The molecule has 0 unspecified atom stereocenters. The Bertz CT molecular complexity index is 507. The summed E-state index contributed by atoms with van der Waals surface area (Å²) in [7, 11) is 2.87. The fourth-order valence-corrected chi connectivity index (χ4v) is 1.50. The van der Waals surface area contributed by atoms with Crippen molar-refractivity contribution >= 4 is 12.1 Å².